The number of carbonyl (C=O) groups is 3. The Morgan fingerprint density at radius 3 is 0.762 bits per heavy atom. The highest BCUT2D eigenvalue weighted by molar-refractivity contribution is 5.71. The van der Waals surface area contributed by atoms with Gasteiger partial charge in [-0.15, -0.1) is 0 Å². The van der Waals surface area contributed by atoms with Crippen LogP contribution in [0.15, 0.2) is 36.5 Å². The van der Waals surface area contributed by atoms with Crippen molar-refractivity contribution < 1.29 is 28.6 Å². The molecule has 0 spiro atoms. The molecular formula is C74H138O6. The van der Waals surface area contributed by atoms with E-state index in [1.54, 1.807) is 0 Å². The lowest BCUT2D eigenvalue weighted by atomic mass is 10.0. The number of hydrogen-bond donors (Lipinski definition) is 0. The van der Waals surface area contributed by atoms with Gasteiger partial charge in [0.1, 0.15) is 13.2 Å². The molecule has 1 unspecified atom stereocenters. The third-order valence-electron chi connectivity index (χ3n) is 16.4. The molecule has 0 aromatic heterocycles. The molecule has 0 aliphatic rings. The number of allylic oxidation sites excluding steroid dienone is 6. The van der Waals surface area contributed by atoms with Gasteiger partial charge in [-0.1, -0.05) is 365 Å². The summed E-state index contributed by atoms with van der Waals surface area (Å²) >= 11 is 0. The Bertz CT molecular complexity index is 1340. The van der Waals surface area contributed by atoms with Crippen LogP contribution in [0, 0.1) is 0 Å². The van der Waals surface area contributed by atoms with E-state index in [1.807, 2.05) is 0 Å². The lowest BCUT2D eigenvalue weighted by molar-refractivity contribution is -0.167. The molecule has 0 saturated heterocycles. The Morgan fingerprint density at radius 2 is 0.487 bits per heavy atom. The van der Waals surface area contributed by atoms with Crippen LogP contribution in [0.4, 0.5) is 0 Å². The summed E-state index contributed by atoms with van der Waals surface area (Å²) in [7, 11) is 0. The quantitative estimate of drug-likeness (QED) is 0.0261. The summed E-state index contributed by atoms with van der Waals surface area (Å²) in [6, 6.07) is 0. The summed E-state index contributed by atoms with van der Waals surface area (Å²) in [6.45, 7) is 6.60. The molecule has 0 N–H and O–H groups in total. The standard InChI is InChI=1S/C74H138O6/c1-4-7-10-13-16-19-22-25-28-30-32-34-36-37-38-40-41-43-46-49-52-55-58-61-64-67-73(76)79-70-71(69-78-72(75)66-63-60-57-54-51-48-45-27-24-21-18-15-12-9-6-3)80-74(77)68-65-62-59-56-53-50-47-44-42-39-35-33-31-29-26-23-20-17-14-11-8-5-2/h9,12,18,21,27,45,71H,4-8,10-11,13-17,19-20,22-26,28-44,46-70H2,1-3H3/b12-9-,21-18-,45-27-. The normalized spacial score (nSPS) is 12.2. The summed E-state index contributed by atoms with van der Waals surface area (Å²) in [5.41, 5.74) is 0. The van der Waals surface area contributed by atoms with E-state index in [0.29, 0.717) is 19.3 Å². The minimum absolute atomic E-state index is 0.0717. The van der Waals surface area contributed by atoms with Gasteiger partial charge in [-0.25, -0.2) is 0 Å². The van der Waals surface area contributed by atoms with Crippen molar-refractivity contribution in [3.05, 3.63) is 36.5 Å². The van der Waals surface area contributed by atoms with Crippen LogP contribution >= 0.6 is 0 Å². The van der Waals surface area contributed by atoms with Gasteiger partial charge in [0.15, 0.2) is 6.10 Å². The fourth-order valence-electron chi connectivity index (χ4n) is 11.1. The molecule has 0 aromatic carbocycles. The predicted molar refractivity (Wildman–Crippen MR) is 349 cm³/mol. The summed E-state index contributed by atoms with van der Waals surface area (Å²) < 4.78 is 17.0. The van der Waals surface area contributed by atoms with Gasteiger partial charge in [0.25, 0.3) is 0 Å². The SMILES string of the molecule is CC/C=C\C/C=C\C/C=C\CCCCCCCC(=O)OCC(COC(=O)CCCCCCCCCCCCCCCCCCCCCCCCCCC)OC(=O)CCCCCCCCCCCCCCCCCCCCCCCC. The predicted octanol–water partition coefficient (Wildman–Crippen LogP) is 24.7. The van der Waals surface area contributed by atoms with Gasteiger partial charge in [-0.2, -0.15) is 0 Å². The highest BCUT2D eigenvalue weighted by Crippen LogP contribution is 2.19. The zero-order valence-corrected chi connectivity index (χ0v) is 54.1. The number of ether oxygens (including phenoxy) is 3. The average Bonchev–Trinajstić information content (AvgIpc) is 3.46. The van der Waals surface area contributed by atoms with Crippen molar-refractivity contribution in [2.75, 3.05) is 13.2 Å². The van der Waals surface area contributed by atoms with Gasteiger partial charge >= 0.3 is 17.9 Å². The number of rotatable bonds is 67. The van der Waals surface area contributed by atoms with Gasteiger partial charge in [0.2, 0.25) is 0 Å². The Kier molecular flexibility index (Phi) is 67.1. The molecule has 0 bridgehead atoms. The van der Waals surface area contributed by atoms with Crippen molar-refractivity contribution in [3.63, 3.8) is 0 Å². The third kappa shape index (κ3) is 66.4. The van der Waals surface area contributed by atoms with Crippen LogP contribution in [0.2, 0.25) is 0 Å². The van der Waals surface area contributed by atoms with Crippen molar-refractivity contribution in [1.82, 2.24) is 0 Å². The molecule has 80 heavy (non-hydrogen) atoms. The maximum Gasteiger partial charge on any atom is 0.306 e. The van der Waals surface area contributed by atoms with Gasteiger partial charge < -0.3 is 14.2 Å². The number of unbranched alkanes of at least 4 members (excludes halogenated alkanes) is 50. The van der Waals surface area contributed by atoms with E-state index in [-0.39, 0.29) is 31.1 Å². The Balaban J connectivity index is 4.25. The maximum atomic E-state index is 13.0. The number of hydrogen-bond acceptors (Lipinski definition) is 6. The second-order valence-electron chi connectivity index (χ2n) is 24.5. The molecule has 0 aromatic rings. The van der Waals surface area contributed by atoms with Crippen LogP contribution in [0.5, 0.6) is 0 Å². The van der Waals surface area contributed by atoms with Gasteiger partial charge in [-0.05, 0) is 51.4 Å². The van der Waals surface area contributed by atoms with Crippen LogP contribution < -0.4 is 0 Å². The van der Waals surface area contributed by atoms with Crippen LogP contribution in [0.3, 0.4) is 0 Å². The average molecular weight is 1120 g/mol. The Morgan fingerprint density at radius 1 is 0.263 bits per heavy atom. The van der Waals surface area contributed by atoms with Crippen LogP contribution in [-0.4, -0.2) is 37.2 Å². The fourth-order valence-corrected chi connectivity index (χ4v) is 11.1. The van der Waals surface area contributed by atoms with Crippen molar-refractivity contribution >= 4 is 17.9 Å². The molecule has 0 radical (unpaired) electrons. The summed E-state index contributed by atoms with van der Waals surface area (Å²) in [5.74, 6) is -0.857. The lowest BCUT2D eigenvalue weighted by Crippen LogP contribution is -2.30. The lowest BCUT2D eigenvalue weighted by Gasteiger charge is -2.18. The first kappa shape index (κ1) is 77.6. The molecule has 6 nitrogen and oxygen atoms in total. The van der Waals surface area contributed by atoms with E-state index in [1.165, 1.54) is 263 Å². The first-order valence-corrected chi connectivity index (χ1v) is 36.0. The van der Waals surface area contributed by atoms with Gasteiger partial charge in [0, 0.05) is 19.3 Å². The molecule has 0 aliphatic heterocycles. The molecule has 0 saturated carbocycles. The van der Waals surface area contributed by atoms with E-state index in [2.05, 4.69) is 57.2 Å². The summed E-state index contributed by atoms with van der Waals surface area (Å²) in [5, 5.41) is 0. The molecule has 470 valence electrons. The molecule has 6 heteroatoms. The first-order chi connectivity index (χ1) is 39.5. The number of esters is 3. The highest BCUT2D eigenvalue weighted by atomic mass is 16.6. The van der Waals surface area contributed by atoms with Crippen LogP contribution in [0.1, 0.15) is 400 Å². The van der Waals surface area contributed by atoms with Crippen LogP contribution in [0.25, 0.3) is 0 Å². The molecule has 0 fully saturated rings. The minimum Gasteiger partial charge on any atom is -0.462 e. The molecule has 0 rings (SSSR count). The van der Waals surface area contributed by atoms with E-state index < -0.39 is 6.10 Å². The Labute approximate surface area is 499 Å². The smallest absolute Gasteiger partial charge is 0.306 e. The zero-order chi connectivity index (χ0) is 57.8. The number of carbonyl (C=O) groups excluding carboxylic acids is 3. The van der Waals surface area contributed by atoms with Crippen molar-refractivity contribution in [2.24, 2.45) is 0 Å². The molecule has 0 amide bonds. The van der Waals surface area contributed by atoms with E-state index in [9.17, 15) is 14.4 Å². The summed E-state index contributed by atoms with van der Waals surface area (Å²) in [4.78, 5) is 38.5. The highest BCUT2D eigenvalue weighted by Gasteiger charge is 2.19. The van der Waals surface area contributed by atoms with Gasteiger partial charge in [-0.3, -0.25) is 14.4 Å². The van der Waals surface area contributed by atoms with Gasteiger partial charge in [0.05, 0.1) is 0 Å². The van der Waals surface area contributed by atoms with E-state index in [4.69, 9.17) is 14.2 Å². The van der Waals surface area contributed by atoms with E-state index >= 15 is 0 Å². The molecule has 0 aliphatic carbocycles. The van der Waals surface area contributed by atoms with Crippen molar-refractivity contribution in [2.45, 2.75) is 406 Å². The maximum absolute atomic E-state index is 13.0. The van der Waals surface area contributed by atoms with Crippen molar-refractivity contribution in [3.8, 4) is 0 Å². The fraction of sp³-hybridized carbons (Fsp3) is 0.878. The molecule has 0 heterocycles. The summed E-state index contributed by atoms with van der Waals surface area (Å²) in [6.07, 6.45) is 86.1. The molecular weight excluding hydrogens is 985 g/mol. The van der Waals surface area contributed by atoms with Crippen molar-refractivity contribution in [1.29, 1.82) is 0 Å². The zero-order valence-electron chi connectivity index (χ0n) is 54.1. The first-order valence-electron chi connectivity index (χ1n) is 36.0. The van der Waals surface area contributed by atoms with E-state index in [0.717, 1.165) is 96.3 Å². The topological polar surface area (TPSA) is 78.9 Å². The second kappa shape index (κ2) is 69.1. The minimum atomic E-state index is -0.777. The third-order valence-corrected chi connectivity index (χ3v) is 16.4. The molecule has 1 atom stereocenters. The largest absolute Gasteiger partial charge is 0.462 e. The monoisotopic (exact) mass is 1120 g/mol. The Hall–Kier alpha value is -2.37. The second-order valence-corrected chi connectivity index (χ2v) is 24.5. The van der Waals surface area contributed by atoms with Crippen LogP contribution in [-0.2, 0) is 28.6 Å².